The fourth-order valence-electron chi connectivity index (χ4n) is 1.53. The van der Waals surface area contributed by atoms with Gasteiger partial charge in [-0.2, -0.15) is 13.2 Å². The van der Waals surface area contributed by atoms with Crippen LogP contribution in [0.2, 0.25) is 0 Å². The molecule has 0 heterocycles. The molecule has 1 rings (SSSR count). The van der Waals surface area contributed by atoms with E-state index in [1.807, 2.05) is 0 Å². The number of alkyl halides is 3. The van der Waals surface area contributed by atoms with Gasteiger partial charge in [-0.15, -0.1) is 0 Å². The van der Waals surface area contributed by atoms with Gasteiger partial charge in [-0.25, -0.2) is 4.39 Å². The summed E-state index contributed by atoms with van der Waals surface area (Å²) in [6.45, 7) is 0. The van der Waals surface area contributed by atoms with Crippen LogP contribution in [0.25, 0.3) is 0 Å². The molecule has 3 N–H and O–H groups in total. The molecule has 7 heteroatoms. The standard InChI is InChI=1S/C11H13BrF4N2/c12-8-2-1-7(10(13)6-8)5-9(18-17)3-4-11(14,15)16/h1-2,6,9,18H,3-5,17H2. The number of benzene rings is 1. The van der Waals surface area contributed by atoms with Gasteiger partial charge in [0.15, 0.2) is 0 Å². The summed E-state index contributed by atoms with van der Waals surface area (Å²) in [6.07, 6.45) is -5.24. The quantitative estimate of drug-likeness (QED) is 0.494. The van der Waals surface area contributed by atoms with E-state index in [9.17, 15) is 17.6 Å². The van der Waals surface area contributed by atoms with Gasteiger partial charge >= 0.3 is 6.18 Å². The first kappa shape index (κ1) is 15.4. The molecule has 1 aromatic carbocycles. The van der Waals surface area contributed by atoms with Crippen LogP contribution in [0.5, 0.6) is 0 Å². The minimum absolute atomic E-state index is 0.117. The van der Waals surface area contributed by atoms with Crippen LogP contribution in [0.3, 0.4) is 0 Å². The zero-order valence-corrected chi connectivity index (χ0v) is 11.0. The Bertz CT molecular complexity index is 395. The number of halogens is 5. The van der Waals surface area contributed by atoms with E-state index in [1.54, 1.807) is 6.07 Å². The molecule has 102 valence electrons. The predicted molar refractivity (Wildman–Crippen MR) is 64.2 cm³/mol. The van der Waals surface area contributed by atoms with Crippen LogP contribution in [0.1, 0.15) is 18.4 Å². The normalized spacial score (nSPS) is 13.7. The fourth-order valence-corrected chi connectivity index (χ4v) is 1.87. The van der Waals surface area contributed by atoms with Gasteiger partial charge in [0.1, 0.15) is 5.82 Å². The smallest absolute Gasteiger partial charge is 0.271 e. The van der Waals surface area contributed by atoms with Gasteiger partial charge in [0.05, 0.1) is 0 Å². The summed E-state index contributed by atoms with van der Waals surface area (Å²) >= 11 is 3.11. The molecule has 0 aliphatic rings. The maximum Gasteiger partial charge on any atom is 0.389 e. The summed E-state index contributed by atoms with van der Waals surface area (Å²) in [4.78, 5) is 0. The Morgan fingerprint density at radius 1 is 1.33 bits per heavy atom. The van der Waals surface area contributed by atoms with Crippen LogP contribution in [0.15, 0.2) is 22.7 Å². The molecule has 0 saturated carbocycles. The lowest BCUT2D eigenvalue weighted by Gasteiger charge is -2.17. The van der Waals surface area contributed by atoms with Crippen molar-refractivity contribution in [3.05, 3.63) is 34.1 Å². The highest BCUT2D eigenvalue weighted by Gasteiger charge is 2.28. The summed E-state index contributed by atoms with van der Waals surface area (Å²) < 4.78 is 50.3. The van der Waals surface area contributed by atoms with Crippen LogP contribution in [-0.2, 0) is 6.42 Å². The molecular formula is C11H13BrF4N2. The SMILES string of the molecule is NNC(CCC(F)(F)F)Cc1ccc(Br)cc1F. The van der Waals surface area contributed by atoms with Crippen LogP contribution >= 0.6 is 15.9 Å². The molecule has 0 amide bonds. The maximum absolute atomic E-state index is 13.5. The average molecular weight is 329 g/mol. The van der Waals surface area contributed by atoms with Crippen molar-refractivity contribution in [1.82, 2.24) is 5.43 Å². The second-order valence-electron chi connectivity index (χ2n) is 3.96. The van der Waals surface area contributed by atoms with E-state index in [-0.39, 0.29) is 12.8 Å². The van der Waals surface area contributed by atoms with Crippen LogP contribution in [-0.4, -0.2) is 12.2 Å². The van der Waals surface area contributed by atoms with Gasteiger partial charge in [-0.1, -0.05) is 22.0 Å². The summed E-state index contributed by atoms with van der Waals surface area (Å²) in [7, 11) is 0. The first-order chi connectivity index (χ1) is 8.31. The van der Waals surface area contributed by atoms with Crippen molar-refractivity contribution in [1.29, 1.82) is 0 Å². The third kappa shape index (κ3) is 5.32. The highest BCUT2D eigenvalue weighted by atomic mass is 79.9. The highest BCUT2D eigenvalue weighted by molar-refractivity contribution is 9.10. The van der Waals surface area contributed by atoms with Gasteiger partial charge in [0.2, 0.25) is 0 Å². The van der Waals surface area contributed by atoms with E-state index >= 15 is 0 Å². The topological polar surface area (TPSA) is 38.0 Å². The van der Waals surface area contributed by atoms with Gasteiger partial charge < -0.3 is 0 Å². The first-order valence-electron chi connectivity index (χ1n) is 5.28. The number of hydrogen-bond acceptors (Lipinski definition) is 2. The third-order valence-electron chi connectivity index (χ3n) is 2.49. The monoisotopic (exact) mass is 328 g/mol. The molecule has 0 aromatic heterocycles. The van der Waals surface area contributed by atoms with Gasteiger partial charge in [0, 0.05) is 16.9 Å². The van der Waals surface area contributed by atoms with Crippen molar-refractivity contribution in [2.75, 3.05) is 0 Å². The van der Waals surface area contributed by atoms with E-state index in [4.69, 9.17) is 5.84 Å². The summed E-state index contributed by atoms with van der Waals surface area (Å²) in [5.41, 5.74) is 2.62. The number of nitrogens with one attached hydrogen (secondary N) is 1. The first-order valence-corrected chi connectivity index (χ1v) is 6.08. The number of hydrogen-bond donors (Lipinski definition) is 2. The Balaban J connectivity index is 2.62. The molecule has 0 aliphatic carbocycles. The van der Waals surface area contributed by atoms with Crippen LogP contribution in [0.4, 0.5) is 17.6 Å². The van der Waals surface area contributed by atoms with E-state index in [2.05, 4.69) is 21.4 Å². The minimum atomic E-state index is -4.23. The average Bonchev–Trinajstić information content (AvgIpc) is 2.25. The zero-order chi connectivity index (χ0) is 13.8. The van der Waals surface area contributed by atoms with Gasteiger partial charge in [0.25, 0.3) is 0 Å². The molecule has 0 bridgehead atoms. The summed E-state index contributed by atoms with van der Waals surface area (Å²) in [5.74, 6) is 4.72. The summed E-state index contributed by atoms with van der Waals surface area (Å²) in [6, 6.07) is 3.82. The molecule has 0 radical (unpaired) electrons. The van der Waals surface area contributed by atoms with Crippen molar-refractivity contribution in [3.63, 3.8) is 0 Å². The van der Waals surface area contributed by atoms with Crippen molar-refractivity contribution in [2.24, 2.45) is 5.84 Å². The molecular weight excluding hydrogens is 316 g/mol. The van der Waals surface area contributed by atoms with Gasteiger partial charge in [-0.3, -0.25) is 11.3 Å². The Hall–Kier alpha value is -0.660. The molecule has 1 unspecified atom stereocenters. The third-order valence-corrected chi connectivity index (χ3v) is 2.99. The molecule has 0 fully saturated rings. The Morgan fingerprint density at radius 3 is 2.50 bits per heavy atom. The summed E-state index contributed by atoms with van der Waals surface area (Å²) in [5, 5.41) is 0. The molecule has 1 atom stereocenters. The number of nitrogens with two attached hydrogens (primary N) is 1. The second kappa shape index (κ2) is 6.49. The Kier molecular flexibility index (Phi) is 5.55. The van der Waals surface area contributed by atoms with Crippen molar-refractivity contribution in [3.8, 4) is 0 Å². The predicted octanol–water partition coefficient (Wildman–Crippen LogP) is 3.31. The van der Waals surface area contributed by atoms with E-state index < -0.39 is 24.5 Å². The molecule has 0 spiro atoms. The number of rotatable bonds is 5. The molecule has 2 nitrogen and oxygen atoms in total. The lowest BCUT2D eigenvalue weighted by Crippen LogP contribution is -2.37. The van der Waals surface area contributed by atoms with E-state index in [0.717, 1.165) is 0 Å². The van der Waals surface area contributed by atoms with E-state index in [1.165, 1.54) is 12.1 Å². The lowest BCUT2D eigenvalue weighted by molar-refractivity contribution is -0.136. The molecule has 0 aliphatic heterocycles. The van der Waals surface area contributed by atoms with Crippen molar-refractivity contribution >= 4 is 15.9 Å². The maximum atomic E-state index is 13.5. The Labute approximate surface area is 111 Å². The van der Waals surface area contributed by atoms with Crippen LogP contribution in [0, 0.1) is 5.82 Å². The van der Waals surface area contributed by atoms with Crippen molar-refractivity contribution < 1.29 is 17.6 Å². The molecule has 18 heavy (non-hydrogen) atoms. The van der Waals surface area contributed by atoms with Crippen LogP contribution < -0.4 is 11.3 Å². The second-order valence-corrected chi connectivity index (χ2v) is 4.87. The van der Waals surface area contributed by atoms with Gasteiger partial charge in [-0.05, 0) is 30.5 Å². The Morgan fingerprint density at radius 2 is 2.00 bits per heavy atom. The molecule has 0 saturated heterocycles. The zero-order valence-electron chi connectivity index (χ0n) is 9.40. The highest BCUT2D eigenvalue weighted by Crippen LogP contribution is 2.24. The number of hydrazine groups is 1. The fraction of sp³-hybridized carbons (Fsp3) is 0.455. The largest absolute Gasteiger partial charge is 0.389 e. The molecule has 1 aromatic rings. The minimum Gasteiger partial charge on any atom is -0.271 e. The van der Waals surface area contributed by atoms with Crippen molar-refractivity contribution in [2.45, 2.75) is 31.5 Å². The lowest BCUT2D eigenvalue weighted by atomic mass is 10.0. The van der Waals surface area contributed by atoms with E-state index in [0.29, 0.717) is 10.0 Å².